The molecule has 0 rings (SSSR count). The summed E-state index contributed by atoms with van der Waals surface area (Å²) in [6.07, 6.45) is 16.8. The molecule has 1 N–H and O–H groups in total. The molecule has 0 amide bonds. The number of rotatable bonds is 13. The van der Waals surface area contributed by atoms with Crippen molar-refractivity contribution in [2.75, 3.05) is 0 Å². The Morgan fingerprint density at radius 1 is 0.750 bits per heavy atom. The standard InChI is InChI=1S/C10H21.C8H16O2/c1-3-5-7-9-10-8-6-4-2;1-2-3-4-5-6-7-8(9)10/h1,3-10H2,2H3;2-7H2,1H3,(H,9,10). The summed E-state index contributed by atoms with van der Waals surface area (Å²) in [5.74, 6) is -0.670. The summed E-state index contributed by atoms with van der Waals surface area (Å²) < 4.78 is 0. The third-order valence-corrected chi connectivity index (χ3v) is 3.35. The van der Waals surface area contributed by atoms with Gasteiger partial charge in [0.15, 0.2) is 0 Å². The molecule has 2 nitrogen and oxygen atoms in total. The number of carboxylic acid groups (broad SMARTS) is 1. The fraction of sp³-hybridized carbons (Fsp3) is 0.889. The van der Waals surface area contributed by atoms with Gasteiger partial charge >= 0.3 is 5.97 Å². The van der Waals surface area contributed by atoms with Gasteiger partial charge in [-0.2, -0.15) is 0 Å². The molecule has 1 radical (unpaired) electrons. The molecule has 0 aliphatic carbocycles. The molecule has 0 heterocycles. The predicted octanol–water partition coefficient (Wildman–Crippen LogP) is 6.39. The first-order valence-electron chi connectivity index (χ1n) is 8.70. The van der Waals surface area contributed by atoms with Crippen LogP contribution >= 0.6 is 0 Å². The van der Waals surface area contributed by atoms with Gasteiger partial charge in [0, 0.05) is 6.42 Å². The summed E-state index contributed by atoms with van der Waals surface area (Å²) in [5.41, 5.74) is 0. The van der Waals surface area contributed by atoms with E-state index in [0.717, 1.165) is 19.3 Å². The molecule has 0 aliphatic heterocycles. The van der Waals surface area contributed by atoms with Crippen molar-refractivity contribution in [2.24, 2.45) is 0 Å². The van der Waals surface area contributed by atoms with Crippen LogP contribution in [0.15, 0.2) is 0 Å². The Kier molecular flexibility index (Phi) is 22.6. The van der Waals surface area contributed by atoms with E-state index in [9.17, 15) is 4.79 Å². The minimum atomic E-state index is -0.670. The van der Waals surface area contributed by atoms with Gasteiger partial charge in [-0.1, -0.05) is 97.8 Å². The van der Waals surface area contributed by atoms with Gasteiger partial charge in [0.1, 0.15) is 0 Å². The zero-order valence-corrected chi connectivity index (χ0v) is 14.0. The van der Waals surface area contributed by atoms with Gasteiger partial charge in [-0.05, 0) is 6.42 Å². The fourth-order valence-corrected chi connectivity index (χ4v) is 2.01. The molecule has 0 spiro atoms. The molecule has 121 valence electrons. The summed E-state index contributed by atoms with van der Waals surface area (Å²) in [6, 6.07) is 0. The quantitative estimate of drug-likeness (QED) is 0.398. The van der Waals surface area contributed by atoms with E-state index >= 15 is 0 Å². The van der Waals surface area contributed by atoms with Gasteiger partial charge < -0.3 is 5.11 Å². The van der Waals surface area contributed by atoms with Crippen molar-refractivity contribution in [3.8, 4) is 0 Å². The number of hydrogen-bond donors (Lipinski definition) is 1. The van der Waals surface area contributed by atoms with Crippen molar-refractivity contribution < 1.29 is 9.90 Å². The normalized spacial score (nSPS) is 9.95. The van der Waals surface area contributed by atoms with Crippen LogP contribution < -0.4 is 0 Å². The number of carboxylic acids is 1. The van der Waals surface area contributed by atoms with Crippen molar-refractivity contribution in [2.45, 2.75) is 104 Å². The maximum atomic E-state index is 10.0. The second kappa shape index (κ2) is 20.8. The highest BCUT2D eigenvalue weighted by Crippen LogP contribution is 2.07. The van der Waals surface area contributed by atoms with Gasteiger partial charge in [0.05, 0.1) is 0 Å². The van der Waals surface area contributed by atoms with E-state index in [2.05, 4.69) is 20.8 Å². The monoisotopic (exact) mass is 285 g/mol. The van der Waals surface area contributed by atoms with Crippen molar-refractivity contribution >= 4 is 5.97 Å². The van der Waals surface area contributed by atoms with Gasteiger partial charge in [-0.25, -0.2) is 0 Å². The Balaban J connectivity index is 0. The van der Waals surface area contributed by atoms with Crippen LogP contribution in [0.1, 0.15) is 104 Å². The summed E-state index contributed by atoms with van der Waals surface area (Å²) in [5, 5.41) is 8.27. The SMILES string of the molecule is CCCCCCCC(=O)O.[CH2]CCCCCCCCC. The smallest absolute Gasteiger partial charge is 0.303 e. The zero-order valence-electron chi connectivity index (χ0n) is 14.0. The molecule has 0 saturated heterocycles. The van der Waals surface area contributed by atoms with Crippen LogP contribution in [0, 0.1) is 6.92 Å². The van der Waals surface area contributed by atoms with E-state index in [0.29, 0.717) is 6.42 Å². The van der Waals surface area contributed by atoms with Crippen LogP contribution in [0.2, 0.25) is 0 Å². The number of carbonyl (C=O) groups is 1. The van der Waals surface area contributed by atoms with E-state index in [-0.39, 0.29) is 0 Å². The van der Waals surface area contributed by atoms with E-state index in [1.165, 1.54) is 64.2 Å². The molecule has 0 aromatic carbocycles. The van der Waals surface area contributed by atoms with E-state index in [1.807, 2.05) is 0 Å². The number of aliphatic carboxylic acids is 1. The maximum Gasteiger partial charge on any atom is 0.303 e. The Morgan fingerprint density at radius 3 is 1.55 bits per heavy atom. The van der Waals surface area contributed by atoms with Crippen molar-refractivity contribution in [3.63, 3.8) is 0 Å². The molecule has 0 aliphatic rings. The first-order chi connectivity index (χ1) is 9.68. The number of hydrogen-bond acceptors (Lipinski definition) is 1. The molecule has 0 aromatic heterocycles. The largest absolute Gasteiger partial charge is 0.481 e. The lowest BCUT2D eigenvalue weighted by Gasteiger charge is -1.97. The molecule has 0 bridgehead atoms. The van der Waals surface area contributed by atoms with Crippen LogP contribution in [-0.2, 0) is 4.79 Å². The lowest BCUT2D eigenvalue weighted by atomic mass is 10.1. The molecule has 20 heavy (non-hydrogen) atoms. The molecule has 0 atom stereocenters. The average molecular weight is 285 g/mol. The van der Waals surface area contributed by atoms with E-state index < -0.39 is 5.97 Å². The molecular formula is C18H37O2. The second-order valence-corrected chi connectivity index (χ2v) is 5.53. The fourth-order valence-electron chi connectivity index (χ4n) is 2.01. The van der Waals surface area contributed by atoms with Gasteiger partial charge in [0.25, 0.3) is 0 Å². The topological polar surface area (TPSA) is 37.3 Å². The first kappa shape index (κ1) is 21.8. The molecule has 2 heteroatoms. The maximum absolute atomic E-state index is 10.0. The summed E-state index contributed by atoms with van der Waals surface area (Å²) in [7, 11) is 0. The molecule has 0 unspecified atom stereocenters. The lowest BCUT2D eigenvalue weighted by Crippen LogP contribution is -1.93. The second-order valence-electron chi connectivity index (χ2n) is 5.53. The number of unbranched alkanes of at least 4 members (excludes halogenated alkanes) is 11. The van der Waals surface area contributed by atoms with E-state index in [4.69, 9.17) is 5.11 Å². The molecule has 0 saturated carbocycles. The summed E-state index contributed by atoms with van der Waals surface area (Å²) in [6.45, 7) is 8.23. The summed E-state index contributed by atoms with van der Waals surface area (Å²) >= 11 is 0. The Morgan fingerprint density at radius 2 is 1.15 bits per heavy atom. The highest BCUT2D eigenvalue weighted by atomic mass is 16.4. The highest BCUT2D eigenvalue weighted by Gasteiger charge is 1.94. The Hall–Kier alpha value is -0.530. The van der Waals surface area contributed by atoms with Crippen LogP contribution in [0.5, 0.6) is 0 Å². The molecular weight excluding hydrogens is 248 g/mol. The van der Waals surface area contributed by atoms with Crippen LogP contribution in [0.4, 0.5) is 0 Å². The van der Waals surface area contributed by atoms with Crippen LogP contribution in [0.25, 0.3) is 0 Å². The Labute approximate surface area is 127 Å². The third kappa shape index (κ3) is 26.1. The molecule has 0 fully saturated rings. The van der Waals surface area contributed by atoms with Gasteiger partial charge in [0.2, 0.25) is 0 Å². The predicted molar refractivity (Wildman–Crippen MR) is 89.0 cm³/mol. The minimum absolute atomic E-state index is 0.337. The third-order valence-electron chi connectivity index (χ3n) is 3.35. The first-order valence-corrected chi connectivity index (χ1v) is 8.70. The van der Waals surface area contributed by atoms with Crippen molar-refractivity contribution in [1.82, 2.24) is 0 Å². The zero-order chi connectivity index (χ0) is 15.5. The highest BCUT2D eigenvalue weighted by molar-refractivity contribution is 5.66. The average Bonchev–Trinajstić information content (AvgIpc) is 2.43. The lowest BCUT2D eigenvalue weighted by molar-refractivity contribution is -0.137. The van der Waals surface area contributed by atoms with Crippen LogP contribution in [-0.4, -0.2) is 11.1 Å². The van der Waals surface area contributed by atoms with Crippen molar-refractivity contribution in [3.05, 3.63) is 6.92 Å². The van der Waals surface area contributed by atoms with Gasteiger partial charge in [-0.15, -0.1) is 0 Å². The summed E-state index contributed by atoms with van der Waals surface area (Å²) in [4.78, 5) is 10.0. The molecule has 0 aromatic rings. The Bertz CT molecular complexity index is 170. The minimum Gasteiger partial charge on any atom is -0.481 e. The van der Waals surface area contributed by atoms with Crippen LogP contribution in [0.3, 0.4) is 0 Å². The van der Waals surface area contributed by atoms with Gasteiger partial charge in [-0.3, -0.25) is 4.79 Å². The van der Waals surface area contributed by atoms with E-state index in [1.54, 1.807) is 0 Å². The van der Waals surface area contributed by atoms with Crippen molar-refractivity contribution in [1.29, 1.82) is 0 Å².